The third-order valence-corrected chi connectivity index (χ3v) is 5.12. The monoisotopic (exact) mass is 277 g/mol. The summed E-state index contributed by atoms with van der Waals surface area (Å²) >= 11 is 2.02. The lowest BCUT2D eigenvalue weighted by atomic mass is 10.0. The number of ketones is 1. The summed E-state index contributed by atoms with van der Waals surface area (Å²) in [6, 6.07) is 7.88. The van der Waals surface area contributed by atoms with E-state index < -0.39 is 0 Å². The van der Waals surface area contributed by atoms with Gasteiger partial charge in [0.25, 0.3) is 0 Å². The lowest BCUT2D eigenvalue weighted by Gasteiger charge is -2.22. The summed E-state index contributed by atoms with van der Waals surface area (Å²) in [6.07, 6.45) is 1.15. The smallest absolute Gasteiger partial charge is 0.177 e. The zero-order chi connectivity index (χ0) is 13.9. The van der Waals surface area contributed by atoms with E-state index in [4.69, 9.17) is 0 Å². The number of hydrogen-bond acceptors (Lipinski definition) is 3. The zero-order valence-electron chi connectivity index (χ0n) is 12.1. The normalized spacial score (nSPS) is 19.9. The van der Waals surface area contributed by atoms with E-state index in [0.717, 1.165) is 36.4 Å². The third-order valence-electron chi connectivity index (χ3n) is 3.74. The van der Waals surface area contributed by atoms with Gasteiger partial charge >= 0.3 is 0 Å². The van der Waals surface area contributed by atoms with Gasteiger partial charge in [-0.2, -0.15) is 11.8 Å². The van der Waals surface area contributed by atoms with Crippen molar-refractivity contribution in [3.05, 3.63) is 35.4 Å². The first-order valence-corrected chi connectivity index (χ1v) is 7.92. The third kappa shape index (κ3) is 4.08. The zero-order valence-corrected chi connectivity index (χ0v) is 12.9. The summed E-state index contributed by atoms with van der Waals surface area (Å²) in [7, 11) is 0. The highest BCUT2D eigenvalue weighted by atomic mass is 32.2. The van der Waals surface area contributed by atoms with Gasteiger partial charge in [0.2, 0.25) is 0 Å². The number of rotatable bonds is 3. The Hall–Kier alpha value is -0.800. The Bertz CT molecular complexity index is 456. The van der Waals surface area contributed by atoms with Gasteiger partial charge in [-0.3, -0.25) is 9.69 Å². The quantitative estimate of drug-likeness (QED) is 0.790. The second-order valence-electron chi connectivity index (χ2n) is 5.87. The number of nitrogens with zero attached hydrogens (tertiary/aromatic N) is 1. The van der Waals surface area contributed by atoms with Crippen LogP contribution >= 0.6 is 11.8 Å². The van der Waals surface area contributed by atoms with Gasteiger partial charge in [-0.25, -0.2) is 0 Å². The molecule has 0 atom stereocenters. The summed E-state index contributed by atoms with van der Waals surface area (Å²) in [5.41, 5.74) is 1.95. The fourth-order valence-corrected chi connectivity index (χ4v) is 3.53. The molecular formula is C16H23NOS. The highest BCUT2D eigenvalue weighted by molar-refractivity contribution is 8.00. The Morgan fingerprint density at radius 2 is 2.05 bits per heavy atom. The van der Waals surface area contributed by atoms with Gasteiger partial charge in [0.15, 0.2) is 5.78 Å². The van der Waals surface area contributed by atoms with E-state index in [1.54, 1.807) is 0 Å². The maximum absolute atomic E-state index is 12.4. The first-order valence-electron chi connectivity index (χ1n) is 6.93. The molecule has 0 N–H and O–H groups in total. The molecule has 0 radical (unpaired) electrons. The van der Waals surface area contributed by atoms with Crippen LogP contribution in [0.1, 0.15) is 36.2 Å². The van der Waals surface area contributed by atoms with Crippen molar-refractivity contribution in [1.82, 2.24) is 4.90 Å². The van der Waals surface area contributed by atoms with Gasteiger partial charge in [0.1, 0.15) is 0 Å². The van der Waals surface area contributed by atoms with Crippen LogP contribution in [-0.4, -0.2) is 40.8 Å². The summed E-state index contributed by atoms with van der Waals surface area (Å²) in [5, 5.41) is 0. The van der Waals surface area contributed by atoms with Crippen molar-refractivity contribution in [3.63, 3.8) is 0 Å². The topological polar surface area (TPSA) is 20.3 Å². The van der Waals surface area contributed by atoms with Crippen molar-refractivity contribution in [2.75, 3.05) is 25.4 Å². The molecule has 19 heavy (non-hydrogen) atoms. The van der Waals surface area contributed by atoms with Crippen LogP contribution in [0.2, 0.25) is 0 Å². The predicted molar refractivity (Wildman–Crippen MR) is 83.1 cm³/mol. The molecule has 104 valence electrons. The minimum Gasteiger partial charge on any atom is -0.295 e. The van der Waals surface area contributed by atoms with E-state index in [0.29, 0.717) is 11.3 Å². The van der Waals surface area contributed by atoms with Crippen LogP contribution in [0.15, 0.2) is 24.3 Å². The van der Waals surface area contributed by atoms with Crippen molar-refractivity contribution in [1.29, 1.82) is 0 Å². The molecule has 0 amide bonds. The second kappa shape index (κ2) is 6.10. The Balaban J connectivity index is 1.98. The first kappa shape index (κ1) is 14.6. The minimum absolute atomic E-state index is 0.253. The van der Waals surface area contributed by atoms with Crippen molar-refractivity contribution in [2.45, 2.75) is 31.9 Å². The number of carbonyl (C=O) groups is 1. The van der Waals surface area contributed by atoms with Gasteiger partial charge in [-0.15, -0.1) is 0 Å². The Labute approximate surface area is 120 Å². The highest BCUT2D eigenvalue weighted by Crippen LogP contribution is 2.30. The molecule has 1 aliphatic heterocycles. The molecule has 0 bridgehead atoms. The van der Waals surface area contributed by atoms with Gasteiger partial charge in [-0.1, -0.05) is 38.1 Å². The molecule has 0 aliphatic carbocycles. The van der Waals surface area contributed by atoms with Crippen molar-refractivity contribution in [2.24, 2.45) is 0 Å². The molecule has 1 saturated heterocycles. The molecule has 0 aromatic heterocycles. The van der Waals surface area contributed by atoms with E-state index in [1.165, 1.54) is 0 Å². The minimum atomic E-state index is 0.253. The molecule has 1 fully saturated rings. The molecule has 3 heteroatoms. The van der Waals surface area contributed by atoms with Gasteiger partial charge in [0.05, 0.1) is 6.54 Å². The molecule has 0 spiro atoms. The standard InChI is InChI=1S/C16H23NOS/c1-13-6-4-5-7-14(13)15(18)12-17-9-8-16(2,3)19-11-10-17/h4-7H,8-12H2,1-3H3. The van der Waals surface area contributed by atoms with E-state index >= 15 is 0 Å². The number of Topliss-reactive ketones (excluding diaryl/α,β-unsaturated/α-hetero) is 1. The van der Waals surface area contributed by atoms with E-state index in [9.17, 15) is 4.79 Å². The lowest BCUT2D eigenvalue weighted by Crippen LogP contribution is -2.32. The Kier molecular flexibility index (Phi) is 4.69. The number of hydrogen-bond donors (Lipinski definition) is 0. The van der Waals surface area contributed by atoms with Crippen LogP contribution < -0.4 is 0 Å². The SMILES string of the molecule is Cc1ccccc1C(=O)CN1CCSC(C)(C)CC1. The molecule has 1 aliphatic rings. The van der Waals surface area contributed by atoms with Crippen LogP contribution in [0.3, 0.4) is 0 Å². The van der Waals surface area contributed by atoms with Gasteiger partial charge < -0.3 is 0 Å². The molecule has 2 nitrogen and oxygen atoms in total. The van der Waals surface area contributed by atoms with E-state index in [1.807, 2.05) is 43.0 Å². The first-order chi connectivity index (χ1) is 8.98. The fourth-order valence-electron chi connectivity index (χ4n) is 2.39. The number of thioether (sulfide) groups is 1. The van der Waals surface area contributed by atoms with Crippen molar-refractivity contribution >= 4 is 17.5 Å². The highest BCUT2D eigenvalue weighted by Gasteiger charge is 2.24. The number of benzene rings is 1. The molecule has 0 unspecified atom stereocenters. The summed E-state index contributed by atoms with van der Waals surface area (Å²) in [4.78, 5) is 14.7. The van der Waals surface area contributed by atoms with Crippen LogP contribution in [0, 0.1) is 6.92 Å². The van der Waals surface area contributed by atoms with E-state index in [2.05, 4.69) is 18.7 Å². The molecule has 0 saturated carbocycles. The van der Waals surface area contributed by atoms with Crippen molar-refractivity contribution in [3.8, 4) is 0 Å². The van der Waals surface area contributed by atoms with Crippen LogP contribution in [-0.2, 0) is 0 Å². The average Bonchev–Trinajstić information content (AvgIpc) is 2.51. The van der Waals surface area contributed by atoms with Gasteiger partial charge in [-0.05, 0) is 25.5 Å². The largest absolute Gasteiger partial charge is 0.295 e. The number of carbonyl (C=O) groups excluding carboxylic acids is 1. The predicted octanol–water partition coefficient (Wildman–Crippen LogP) is 3.40. The van der Waals surface area contributed by atoms with Gasteiger partial charge in [0, 0.05) is 22.6 Å². The lowest BCUT2D eigenvalue weighted by molar-refractivity contribution is 0.0933. The van der Waals surface area contributed by atoms with Crippen molar-refractivity contribution < 1.29 is 4.79 Å². The van der Waals surface area contributed by atoms with Crippen LogP contribution in [0.25, 0.3) is 0 Å². The summed E-state index contributed by atoms with van der Waals surface area (Å²) in [5.74, 6) is 1.37. The molecule has 1 aromatic rings. The fraction of sp³-hybridized carbons (Fsp3) is 0.562. The second-order valence-corrected chi connectivity index (χ2v) is 7.67. The van der Waals surface area contributed by atoms with E-state index in [-0.39, 0.29) is 5.78 Å². The number of aryl methyl sites for hydroxylation is 1. The average molecular weight is 277 g/mol. The Morgan fingerprint density at radius 1 is 1.32 bits per heavy atom. The summed E-state index contributed by atoms with van der Waals surface area (Å²) < 4.78 is 0.348. The molecular weight excluding hydrogens is 254 g/mol. The summed E-state index contributed by atoms with van der Waals surface area (Å²) in [6.45, 7) is 9.20. The van der Waals surface area contributed by atoms with Crippen LogP contribution in [0.4, 0.5) is 0 Å². The Morgan fingerprint density at radius 3 is 2.79 bits per heavy atom. The molecule has 2 rings (SSSR count). The molecule has 1 aromatic carbocycles. The maximum Gasteiger partial charge on any atom is 0.177 e. The maximum atomic E-state index is 12.4. The molecule has 1 heterocycles. The van der Waals surface area contributed by atoms with Crippen LogP contribution in [0.5, 0.6) is 0 Å².